The van der Waals surface area contributed by atoms with E-state index in [0.29, 0.717) is 18.1 Å². The van der Waals surface area contributed by atoms with Gasteiger partial charge in [-0.15, -0.1) is 0 Å². The lowest BCUT2D eigenvalue weighted by Gasteiger charge is -2.29. The van der Waals surface area contributed by atoms with Crippen LogP contribution in [0.5, 0.6) is 0 Å². The van der Waals surface area contributed by atoms with Crippen molar-refractivity contribution in [2.45, 2.75) is 47.1 Å². The van der Waals surface area contributed by atoms with Crippen molar-refractivity contribution in [1.29, 1.82) is 0 Å². The Morgan fingerprint density at radius 2 is 1.64 bits per heavy atom. The predicted octanol–water partition coefficient (Wildman–Crippen LogP) is 2.58. The number of carbonyl (C=O) groups excluding carboxylic acids is 1. The van der Waals surface area contributed by atoms with E-state index in [9.17, 15) is 4.79 Å². The van der Waals surface area contributed by atoms with Gasteiger partial charge in [0.1, 0.15) is 0 Å². The zero-order valence-electron chi connectivity index (χ0n) is 10.7. The van der Waals surface area contributed by atoms with Crippen LogP contribution in [0.15, 0.2) is 0 Å². The normalized spacial score (nSPS) is 14.9. The highest BCUT2D eigenvalue weighted by molar-refractivity contribution is 5.84. The van der Waals surface area contributed by atoms with Gasteiger partial charge in [-0.2, -0.15) is 0 Å². The Kier molecular flexibility index (Phi) is 4.79. The van der Waals surface area contributed by atoms with E-state index < -0.39 is 0 Å². The van der Waals surface area contributed by atoms with E-state index in [1.807, 2.05) is 19.0 Å². The highest BCUT2D eigenvalue weighted by atomic mass is 16.1. The number of hydrogen-bond acceptors (Lipinski definition) is 2. The Hall–Kier alpha value is -0.370. The van der Waals surface area contributed by atoms with Crippen LogP contribution in [-0.2, 0) is 4.79 Å². The van der Waals surface area contributed by atoms with Gasteiger partial charge in [0.25, 0.3) is 0 Å². The lowest BCUT2D eigenvalue weighted by Crippen LogP contribution is -2.41. The van der Waals surface area contributed by atoms with Gasteiger partial charge >= 0.3 is 0 Å². The summed E-state index contributed by atoms with van der Waals surface area (Å²) in [5.74, 6) is 0.748. The maximum atomic E-state index is 12.0. The van der Waals surface area contributed by atoms with E-state index in [1.54, 1.807) is 0 Å². The highest BCUT2D eigenvalue weighted by Crippen LogP contribution is 2.22. The molecule has 1 unspecified atom stereocenters. The first-order valence-corrected chi connectivity index (χ1v) is 5.34. The van der Waals surface area contributed by atoms with Gasteiger partial charge in [-0.05, 0) is 25.4 Å². The van der Waals surface area contributed by atoms with Gasteiger partial charge in [0.05, 0.1) is 6.04 Å². The van der Waals surface area contributed by atoms with Crippen molar-refractivity contribution in [1.82, 2.24) is 4.90 Å². The fourth-order valence-corrected chi connectivity index (χ4v) is 1.88. The van der Waals surface area contributed by atoms with Crippen molar-refractivity contribution in [2.75, 3.05) is 14.1 Å². The number of carbonyl (C=O) groups is 1. The van der Waals surface area contributed by atoms with Crippen LogP contribution in [0.3, 0.4) is 0 Å². The topological polar surface area (TPSA) is 20.3 Å². The van der Waals surface area contributed by atoms with Gasteiger partial charge in [0, 0.05) is 6.42 Å². The second-order valence-corrected chi connectivity index (χ2v) is 5.86. The largest absolute Gasteiger partial charge is 0.300 e. The van der Waals surface area contributed by atoms with E-state index in [1.165, 1.54) is 0 Å². The standard InChI is InChI=1S/C12H25NO/c1-9(2)11(13(6)7)10(14)8-12(3,4)5/h9,11H,8H2,1-7H3. The minimum absolute atomic E-state index is 0.0641. The number of hydrogen-bond donors (Lipinski definition) is 0. The Labute approximate surface area is 88.7 Å². The molecule has 0 aliphatic heterocycles. The molecule has 0 radical (unpaired) electrons. The molecule has 1 atom stereocenters. The molecule has 0 amide bonds. The van der Waals surface area contributed by atoms with Crippen LogP contribution in [0.2, 0.25) is 0 Å². The summed E-state index contributed by atoms with van der Waals surface area (Å²) in [6, 6.07) is 0.0641. The molecular formula is C12H25NO. The van der Waals surface area contributed by atoms with Crippen LogP contribution in [-0.4, -0.2) is 30.8 Å². The van der Waals surface area contributed by atoms with Crippen LogP contribution in [0.25, 0.3) is 0 Å². The predicted molar refractivity (Wildman–Crippen MR) is 61.4 cm³/mol. The molecule has 0 aliphatic carbocycles. The van der Waals surface area contributed by atoms with E-state index in [4.69, 9.17) is 0 Å². The van der Waals surface area contributed by atoms with Gasteiger partial charge in [-0.1, -0.05) is 34.6 Å². The summed E-state index contributed by atoms with van der Waals surface area (Å²) in [6.07, 6.45) is 0.661. The van der Waals surface area contributed by atoms with Crippen LogP contribution in [0, 0.1) is 11.3 Å². The Morgan fingerprint density at radius 3 is 1.86 bits per heavy atom. The smallest absolute Gasteiger partial charge is 0.150 e. The molecule has 2 heteroatoms. The Bertz CT molecular complexity index is 181. The summed E-state index contributed by atoms with van der Waals surface area (Å²) in [4.78, 5) is 14.0. The molecule has 0 N–H and O–H groups in total. The number of ketones is 1. The van der Waals surface area contributed by atoms with Crippen molar-refractivity contribution in [3.63, 3.8) is 0 Å². The molecule has 0 bridgehead atoms. The van der Waals surface area contributed by atoms with Gasteiger partial charge in [-0.3, -0.25) is 9.69 Å². The number of rotatable bonds is 4. The van der Waals surface area contributed by atoms with E-state index in [0.717, 1.165) is 0 Å². The highest BCUT2D eigenvalue weighted by Gasteiger charge is 2.27. The molecule has 84 valence electrons. The third-order valence-corrected chi connectivity index (χ3v) is 2.22. The Morgan fingerprint density at radius 1 is 1.21 bits per heavy atom. The second kappa shape index (κ2) is 4.92. The molecule has 0 fully saturated rings. The van der Waals surface area contributed by atoms with Gasteiger partial charge in [-0.25, -0.2) is 0 Å². The molecular weight excluding hydrogens is 174 g/mol. The van der Waals surface area contributed by atoms with Crippen molar-refractivity contribution < 1.29 is 4.79 Å². The fraction of sp³-hybridized carbons (Fsp3) is 0.917. The zero-order chi connectivity index (χ0) is 11.5. The molecule has 0 aromatic rings. The van der Waals surface area contributed by atoms with Crippen LogP contribution >= 0.6 is 0 Å². The molecule has 0 aliphatic rings. The average Bonchev–Trinajstić information content (AvgIpc) is 1.78. The monoisotopic (exact) mass is 199 g/mol. The molecule has 0 saturated heterocycles. The molecule has 0 rings (SSSR count). The maximum Gasteiger partial charge on any atom is 0.150 e. The molecule has 0 aromatic heterocycles. The SMILES string of the molecule is CC(C)C(C(=O)CC(C)(C)C)N(C)C. The Balaban J connectivity index is 4.47. The second-order valence-electron chi connectivity index (χ2n) is 5.86. The first-order chi connectivity index (χ1) is 6.15. The van der Waals surface area contributed by atoms with E-state index in [-0.39, 0.29) is 11.5 Å². The lowest BCUT2D eigenvalue weighted by atomic mass is 9.85. The van der Waals surface area contributed by atoms with Crippen molar-refractivity contribution in [3.05, 3.63) is 0 Å². The van der Waals surface area contributed by atoms with Crippen LogP contribution in [0.1, 0.15) is 41.0 Å². The van der Waals surface area contributed by atoms with Crippen LogP contribution < -0.4 is 0 Å². The maximum absolute atomic E-state index is 12.0. The van der Waals surface area contributed by atoms with Gasteiger partial charge in [0.15, 0.2) is 5.78 Å². The molecule has 2 nitrogen and oxygen atoms in total. The number of nitrogens with zero attached hydrogens (tertiary/aromatic N) is 1. The third kappa shape index (κ3) is 4.75. The van der Waals surface area contributed by atoms with Gasteiger partial charge < -0.3 is 0 Å². The summed E-state index contributed by atoms with van der Waals surface area (Å²) in [5.41, 5.74) is 0.0975. The summed E-state index contributed by atoms with van der Waals surface area (Å²) in [6.45, 7) is 10.5. The minimum atomic E-state index is 0.0641. The van der Waals surface area contributed by atoms with Crippen molar-refractivity contribution in [2.24, 2.45) is 11.3 Å². The molecule has 14 heavy (non-hydrogen) atoms. The van der Waals surface area contributed by atoms with E-state index >= 15 is 0 Å². The molecule has 0 spiro atoms. The lowest BCUT2D eigenvalue weighted by molar-refractivity contribution is -0.126. The first kappa shape index (κ1) is 13.6. The summed E-state index contributed by atoms with van der Waals surface area (Å²) < 4.78 is 0. The first-order valence-electron chi connectivity index (χ1n) is 5.34. The van der Waals surface area contributed by atoms with Crippen molar-refractivity contribution >= 4 is 5.78 Å². The number of likely N-dealkylation sites (N-methyl/N-ethyl adjacent to an activating group) is 1. The van der Waals surface area contributed by atoms with E-state index in [2.05, 4.69) is 34.6 Å². The van der Waals surface area contributed by atoms with Gasteiger partial charge in [0.2, 0.25) is 0 Å². The molecule has 0 aromatic carbocycles. The molecule has 0 heterocycles. The van der Waals surface area contributed by atoms with Crippen LogP contribution in [0.4, 0.5) is 0 Å². The summed E-state index contributed by atoms with van der Waals surface area (Å²) >= 11 is 0. The average molecular weight is 199 g/mol. The zero-order valence-corrected chi connectivity index (χ0v) is 10.7. The quantitative estimate of drug-likeness (QED) is 0.693. The van der Waals surface area contributed by atoms with Crippen molar-refractivity contribution in [3.8, 4) is 0 Å². The summed E-state index contributed by atoms with van der Waals surface area (Å²) in [7, 11) is 3.95. The minimum Gasteiger partial charge on any atom is -0.300 e. The molecule has 0 saturated carbocycles. The fourth-order valence-electron chi connectivity index (χ4n) is 1.88. The summed E-state index contributed by atoms with van der Waals surface area (Å²) in [5, 5.41) is 0. The number of Topliss-reactive ketones (excluding diaryl/α,β-unsaturated/α-hetero) is 1. The third-order valence-electron chi connectivity index (χ3n) is 2.22.